The molecule has 0 unspecified atom stereocenters. The molecule has 188 valence electrons. The van der Waals surface area contributed by atoms with Crippen molar-refractivity contribution in [3.8, 4) is 17.6 Å². The molecule has 0 fully saturated rings. The van der Waals surface area contributed by atoms with Crippen molar-refractivity contribution in [3.05, 3.63) is 77.3 Å². The lowest BCUT2D eigenvalue weighted by Gasteiger charge is -2.28. The van der Waals surface area contributed by atoms with Crippen molar-refractivity contribution in [2.45, 2.75) is 26.0 Å². The number of hydrogen-bond donors (Lipinski definition) is 3. The Labute approximate surface area is 219 Å². The third-order valence-corrected chi connectivity index (χ3v) is 6.03. The van der Waals surface area contributed by atoms with E-state index in [1.807, 2.05) is 24.3 Å². The Balaban J connectivity index is 1.56. The number of nitrogens with zero attached hydrogens (tertiary/aromatic N) is 4. The van der Waals surface area contributed by atoms with Crippen LogP contribution in [0.1, 0.15) is 25.1 Å². The van der Waals surface area contributed by atoms with Crippen LogP contribution >= 0.6 is 11.6 Å². The van der Waals surface area contributed by atoms with E-state index >= 15 is 0 Å². The van der Waals surface area contributed by atoms with Gasteiger partial charge >= 0.3 is 6.09 Å². The molecule has 0 aliphatic heterocycles. The highest BCUT2D eigenvalue weighted by Gasteiger charge is 2.25. The van der Waals surface area contributed by atoms with E-state index in [-0.39, 0.29) is 0 Å². The summed E-state index contributed by atoms with van der Waals surface area (Å²) in [5.74, 6) is 7.04. The Morgan fingerprint density at radius 3 is 2.70 bits per heavy atom. The van der Waals surface area contributed by atoms with Gasteiger partial charge in [-0.15, -0.1) is 0 Å². The van der Waals surface area contributed by atoms with E-state index in [0.717, 1.165) is 10.6 Å². The van der Waals surface area contributed by atoms with Gasteiger partial charge in [-0.2, -0.15) is 0 Å². The predicted molar refractivity (Wildman–Crippen MR) is 144 cm³/mol. The number of carboxylic acid groups (broad SMARTS) is 1. The number of nitrogens with one attached hydrogen (secondary N) is 1. The number of fused-ring (bicyclic) bond motifs is 1. The van der Waals surface area contributed by atoms with E-state index in [9.17, 15) is 9.90 Å². The average Bonchev–Trinajstić information content (AvgIpc) is 2.87. The van der Waals surface area contributed by atoms with Gasteiger partial charge in [-0.1, -0.05) is 29.5 Å². The molecule has 4 rings (SSSR count). The van der Waals surface area contributed by atoms with Crippen molar-refractivity contribution < 1.29 is 14.6 Å². The van der Waals surface area contributed by atoms with Gasteiger partial charge in [0.05, 0.1) is 16.2 Å². The Bertz CT molecular complexity index is 1520. The third kappa shape index (κ3) is 6.00. The van der Waals surface area contributed by atoms with Crippen LogP contribution in [-0.4, -0.2) is 43.6 Å². The van der Waals surface area contributed by atoms with Crippen LogP contribution in [0, 0.1) is 11.8 Å². The predicted octanol–water partition coefficient (Wildman–Crippen LogP) is 5.32. The lowest BCUT2D eigenvalue weighted by Crippen LogP contribution is -2.43. The molecule has 0 spiro atoms. The lowest BCUT2D eigenvalue weighted by molar-refractivity contribution is 0.130. The van der Waals surface area contributed by atoms with Crippen molar-refractivity contribution in [1.29, 1.82) is 0 Å². The summed E-state index contributed by atoms with van der Waals surface area (Å²) in [5, 5.41) is 13.6. The highest BCUT2D eigenvalue weighted by Crippen LogP contribution is 2.32. The Kier molecular flexibility index (Phi) is 7.32. The number of hydrogen-bond acceptors (Lipinski definition) is 7. The van der Waals surface area contributed by atoms with E-state index in [4.69, 9.17) is 22.1 Å². The lowest BCUT2D eigenvalue weighted by atomic mass is 10.0. The number of nitrogens with two attached hydrogens (primary N) is 1. The van der Waals surface area contributed by atoms with Gasteiger partial charge in [0.2, 0.25) is 0 Å². The highest BCUT2D eigenvalue weighted by atomic mass is 35.5. The standard InChI is InChI=1S/C27H25ClN6O3/c1-27(2,34(3)26(35)36)10-9-17-12-23-20(14-22(17)29)25(32-16-31-23)33-18-7-8-24(21(28)13-18)37-15-19-6-4-5-11-30-19/h4-8,11-14,16H,15,29H2,1-3H3,(H,35,36)(H,31,32,33). The molecular formula is C27H25ClN6O3. The molecule has 10 heteroatoms. The second kappa shape index (κ2) is 10.6. The van der Waals surface area contributed by atoms with Crippen LogP contribution in [0.25, 0.3) is 10.9 Å². The molecule has 2 aromatic heterocycles. The minimum absolute atomic E-state index is 0.304. The molecule has 37 heavy (non-hydrogen) atoms. The summed E-state index contributed by atoms with van der Waals surface area (Å²) in [5.41, 5.74) is 8.47. The Morgan fingerprint density at radius 2 is 2.00 bits per heavy atom. The van der Waals surface area contributed by atoms with E-state index < -0.39 is 11.6 Å². The van der Waals surface area contributed by atoms with Crippen molar-refractivity contribution >= 4 is 45.8 Å². The zero-order valence-electron chi connectivity index (χ0n) is 20.5. The molecule has 0 radical (unpaired) electrons. The number of anilines is 3. The topological polar surface area (TPSA) is 126 Å². The Morgan fingerprint density at radius 1 is 1.19 bits per heavy atom. The second-order valence-corrected chi connectivity index (χ2v) is 9.12. The molecular weight excluding hydrogens is 492 g/mol. The molecule has 9 nitrogen and oxygen atoms in total. The number of benzene rings is 2. The zero-order valence-corrected chi connectivity index (χ0v) is 21.2. The van der Waals surface area contributed by atoms with Crippen LogP contribution in [-0.2, 0) is 6.61 Å². The summed E-state index contributed by atoms with van der Waals surface area (Å²) in [6, 6.07) is 14.5. The number of amides is 1. The minimum Gasteiger partial charge on any atom is -0.486 e. The molecule has 2 aromatic carbocycles. The monoisotopic (exact) mass is 516 g/mol. The molecule has 1 amide bonds. The van der Waals surface area contributed by atoms with Crippen molar-refractivity contribution in [3.63, 3.8) is 0 Å². The quantitative estimate of drug-likeness (QED) is 0.232. The number of carbonyl (C=O) groups is 1. The molecule has 0 atom stereocenters. The molecule has 4 N–H and O–H groups in total. The summed E-state index contributed by atoms with van der Waals surface area (Å²) < 4.78 is 5.79. The molecule has 0 saturated heterocycles. The maximum atomic E-state index is 11.3. The fourth-order valence-corrected chi connectivity index (χ4v) is 3.57. The summed E-state index contributed by atoms with van der Waals surface area (Å²) in [7, 11) is 1.47. The van der Waals surface area contributed by atoms with Crippen molar-refractivity contribution in [2.24, 2.45) is 0 Å². The fourth-order valence-electron chi connectivity index (χ4n) is 3.34. The van der Waals surface area contributed by atoms with E-state index in [2.05, 4.69) is 32.1 Å². The van der Waals surface area contributed by atoms with E-state index in [0.29, 0.717) is 51.0 Å². The second-order valence-electron chi connectivity index (χ2n) is 8.71. The molecule has 0 bridgehead atoms. The van der Waals surface area contributed by atoms with E-state index in [1.165, 1.54) is 13.4 Å². The normalized spacial score (nSPS) is 10.9. The Hall–Kier alpha value is -4.55. The summed E-state index contributed by atoms with van der Waals surface area (Å²) in [6.07, 6.45) is 2.08. The van der Waals surface area contributed by atoms with Gasteiger partial charge in [-0.25, -0.2) is 14.8 Å². The van der Waals surface area contributed by atoms with Crippen LogP contribution in [0.5, 0.6) is 5.75 Å². The van der Waals surface area contributed by atoms with Crippen LogP contribution in [0.15, 0.2) is 61.1 Å². The van der Waals surface area contributed by atoms with Gasteiger partial charge in [0.25, 0.3) is 0 Å². The van der Waals surface area contributed by atoms with Gasteiger partial charge in [0.15, 0.2) is 0 Å². The number of pyridine rings is 1. The van der Waals surface area contributed by atoms with Gasteiger partial charge in [0, 0.05) is 35.6 Å². The van der Waals surface area contributed by atoms with Crippen LogP contribution < -0.4 is 15.8 Å². The maximum Gasteiger partial charge on any atom is 0.408 e. The van der Waals surface area contributed by atoms with Gasteiger partial charge in [0.1, 0.15) is 30.0 Å². The van der Waals surface area contributed by atoms with Crippen LogP contribution in [0.4, 0.5) is 22.0 Å². The van der Waals surface area contributed by atoms with E-state index in [1.54, 1.807) is 44.3 Å². The fraction of sp³-hybridized carbons (Fsp3) is 0.185. The van der Waals surface area contributed by atoms with Gasteiger partial charge in [-0.3, -0.25) is 9.88 Å². The smallest absolute Gasteiger partial charge is 0.408 e. The van der Waals surface area contributed by atoms with Crippen molar-refractivity contribution in [2.75, 3.05) is 18.1 Å². The van der Waals surface area contributed by atoms with Crippen LogP contribution in [0.3, 0.4) is 0 Å². The summed E-state index contributed by atoms with van der Waals surface area (Å²) in [6.45, 7) is 3.74. The third-order valence-electron chi connectivity index (χ3n) is 5.73. The first-order chi connectivity index (χ1) is 17.6. The number of nitrogen functional groups attached to an aromatic ring is 1. The summed E-state index contributed by atoms with van der Waals surface area (Å²) >= 11 is 6.45. The SMILES string of the molecule is CN(C(=O)O)C(C)(C)C#Cc1cc2ncnc(Nc3ccc(OCc4ccccn4)c(Cl)c3)c2cc1N. The molecule has 4 aromatic rings. The van der Waals surface area contributed by atoms with Crippen LogP contribution in [0.2, 0.25) is 5.02 Å². The van der Waals surface area contributed by atoms with Gasteiger partial charge in [-0.05, 0) is 56.3 Å². The number of aromatic nitrogens is 3. The zero-order chi connectivity index (χ0) is 26.6. The first-order valence-electron chi connectivity index (χ1n) is 11.3. The summed E-state index contributed by atoms with van der Waals surface area (Å²) in [4.78, 5) is 25.4. The highest BCUT2D eigenvalue weighted by molar-refractivity contribution is 6.32. The molecule has 2 heterocycles. The minimum atomic E-state index is -1.07. The first-order valence-corrected chi connectivity index (χ1v) is 11.7. The molecule has 0 aliphatic carbocycles. The van der Waals surface area contributed by atoms with Crippen molar-refractivity contribution in [1.82, 2.24) is 19.9 Å². The largest absolute Gasteiger partial charge is 0.486 e. The number of rotatable bonds is 6. The number of halogens is 1. The first kappa shape index (κ1) is 25.5. The maximum absolute atomic E-state index is 11.3. The van der Waals surface area contributed by atoms with Gasteiger partial charge < -0.3 is 20.9 Å². The molecule has 0 saturated carbocycles. The average molecular weight is 517 g/mol. The number of ether oxygens (including phenoxy) is 1. The molecule has 0 aliphatic rings.